The van der Waals surface area contributed by atoms with Crippen molar-refractivity contribution < 1.29 is 22.7 Å². The molecule has 0 bridgehead atoms. The summed E-state index contributed by atoms with van der Waals surface area (Å²) >= 11 is 0. The number of pyridine rings is 1. The van der Waals surface area contributed by atoms with E-state index in [0.717, 1.165) is 28.6 Å². The van der Waals surface area contributed by atoms with E-state index in [0.29, 0.717) is 0 Å². The molecule has 0 aliphatic carbocycles. The fourth-order valence-corrected chi connectivity index (χ4v) is 3.38. The number of hydrogen-bond acceptors (Lipinski definition) is 4. The smallest absolute Gasteiger partial charge is 0.339 e. The third-order valence-corrected chi connectivity index (χ3v) is 4.82. The van der Waals surface area contributed by atoms with Crippen LogP contribution in [0.25, 0.3) is 0 Å². The molecule has 0 spiro atoms. The summed E-state index contributed by atoms with van der Waals surface area (Å²) in [5.41, 5.74) is -0.227. The van der Waals surface area contributed by atoms with Gasteiger partial charge in [0, 0.05) is 12.7 Å². The maximum absolute atomic E-state index is 13.0. The van der Waals surface area contributed by atoms with Gasteiger partial charge in [-0.1, -0.05) is 0 Å². The number of halogens is 1. The van der Waals surface area contributed by atoms with Crippen LogP contribution in [0.3, 0.4) is 0 Å². The molecule has 1 aromatic carbocycles. The minimum Gasteiger partial charge on any atom is -0.478 e. The fourth-order valence-electron chi connectivity index (χ4n) is 1.93. The first-order chi connectivity index (χ1) is 10.4. The highest BCUT2D eigenvalue weighted by molar-refractivity contribution is 7.92. The number of aromatic carboxylic acids is 1. The normalized spacial score (nSPS) is 11.2. The molecule has 1 heterocycles. The summed E-state index contributed by atoms with van der Waals surface area (Å²) in [5.74, 6) is -2.02. The molecule has 0 radical (unpaired) electrons. The maximum Gasteiger partial charge on any atom is 0.339 e. The Labute approximate surface area is 126 Å². The molecule has 0 saturated heterocycles. The summed E-state index contributed by atoms with van der Waals surface area (Å²) in [6.07, 6.45) is 1.31. The second-order valence-corrected chi connectivity index (χ2v) is 6.17. The highest BCUT2D eigenvalue weighted by atomic mass is 32.2. The predicted molar refractivity (Wildman–Crippen MR) is 77.8 cm³/mol. The number of rotatable bonds is 5. The van der Waals surface area contributed by atoms with Gasteiger partial charge in [-0.2, -0.15) is 0 Å². The van der Waals surface area contributed by atoms with Crippen molar-refractivity contribution in [1.29, 1.82) is 0 Å². The summed E-state index contributed by atoms with van der Waals surface area (Å²) in [4.78, 5) is 15.0. The highest BCUT2D eigenvalue weighted by Crippen LogP contribution is 2.25. The minimum atomic E-state index is -4.04. The molecule has 0 fully saturated rings. The highest BCUT2D eigenvalue weighted by Gasteiger charge is 2.28. The molecule has 0 unspecified atom stereocenters. The van der Waals surface area contributed by atoms with Crippen LogP contribution in [0.5, 0.6) is 0 Å². The molecule has 1 N–H and O–H groups in total. The van der Waals surface area contributed by atoms with Gasteiger partial charge in [0.25, 0.3) is 10.0 Å². The lowest BCUT2D eigenvalue weighted by Crippen LogP contribution is -2.33. The fraction of sp³-hybridized carbons (Fsp3) is 0.143. The average Bonchev–Trinajstić information content (AvgIpc) is 2.48. The Bertz CT molecular complexity index is 791. The first kappa shape index (κ1) is 15.9. The lowest BCUT2D eigenvalue weighted by atomic mass is 10.2. The molecular weight excluding hydrogens is 311 g/mol. The zero-order chi connectivity index (χ0) is 16.3. The Kier molecular flexibility index (Phi) is 4.41. The van der Waals surface area contributed by atoms with E-state index in [4.69, 9.17) is 0 Å². The molecule has 0 saturated carbocycles. The van der Waals surface area contributed by atoms with E-state index in [1.807, 2.05) is 0 Å². The van der Waals surface area contributed by atoms with Crippen molar-refractivity contribution in [2.45, 2.75) is 11.8 Å². The molecule has 0 aliphatic rings. The number of sulfonamides is 1. The van der Waals surface area contributed by atoms with Gasteiger partial charge in [0.2, 0.25) is 0 Å². The summed E-state index contributed by atoms with van der Waals surface area (Å²) in [5, 5.41) is 9.17. The molecule has 0 amide bonds. The molecule has 0 aliphatic heterocycles. The van der Waals surface area contributed by atoms with Crippen molar-refractivity contribution in [2.75, 3.05) is 10.8 Å². The van der Waals surface area contributed by atoms with Crippen molar-refractivity contribution in [2.24, 2.45) is 0 Å². The van der Waals surface area contributed by atoms with Gasteiger partial charge in [-0.15, -0.1) is 0 Å². The Hall–Kier alpha value is -2.48. The third kappa shape index (κ3) is 2.91. The Balaban J connectivity index is 2.57. The van der Waals surface area contributed by atoms with E-state index in [1.165, 1.54) is 18.3 Å². The second-order valence-electron chi connectivity index (χ2n) is 4.30. The lowest BCUT2D eigenvalue weighted by Gasteiger charge is -2.23. The summed E-state index contributed by atoms with van der Waals surface area (Å²) in [6.45, 7) is 1.54. The minimum absolute atomic E-state index is 0.0169. The summed E-state index contributed by atoms with van der Waals surface area (Å²) in [6, 6.07) is 6.97. The topological polar surface area (TPSA) is 87.6 Å². The lowest BCUT2D eigenvalue weighted by molar-refractivity contribution is 0.0697. The zero-order valence-electron chi connectivity index (χ0n) is 11.6. The number of nitrogens with zero attached hydrogens (tertiary/aromatic N) is 2. The first-order valence-electron chi connectivity index (χ1n) is 6.34. The van der Waals surface area contributed by atoms with E-state index < -0.39 is 21.8 Å². The molecule has 116 valence electrons. The van der Waals surface area contributed by atoms with Gasteiger partial charge in [0.05, 0.1) is 4.90 Å². The maximum atomic E-state index is 13.0. The van der Waals surface area contributed by atoms with Gasteiger partial charge in [-0.3, -0.25) is 0 Å². The van der Waals surface area contributed by atoms with Crippen LogP contribution in [0.4, 0.5) is 10.2 Å². The number of anilines is 1. The molecule has 6 nitrogen and oxygen atoms in total. The SMILES string of the molecule is CCN(c1ncccc1C(=O)O)S(=O)(=O)c1ccc(F)cc1. The average molecular weight is 324 g/mol. The Morgan fingerprint density at radius 3 is 2.45 bits per heavy atom. The van der Waals surface area contributed by atoms with Crippen LogP contribution >= 0.6 is 0 Å². The number of carboxylic acid groups (broad SMARTS) is 1. The number of aromatic nitrogens is 1. The molecule has 8 heteroatoms. The quantitative estimate of drug-likeness (QED) is 0.910. The zero-order valence-corrected chi connectivity index (χ0v) is 12.4. The first-order valence-corrected chi connectivity index (χ1v) is 7.78. The predicted octanol–water partition coefficient (Wildman–Crippen LogP) is 2.13. The summed E-state index contributed by atoms with van der Waals surface area (Å²) < 4.78 is 39.1. The van der Waals surface area contributed by atoms with Gasteiger partial charge < -0.3 is 5.11 Å². The molecule has 1 aromatic heterocycles. The number of carbonyl (C=O) groups is 1. The molecule has 22 heavy (non-hydrogen) atoms. The third-order valence-electron chi connectivity index (χ3n) is 2.94. The Morgan fingerprint density at radius 1 is 1.27 bits per heavy atom. The van der Waals surface area contributed by atoms with E-state index in [1.54, 1.807) is 6.92 Å². The molecule has 2 rings (SSSR count). The van der Waals surface area contributed by atoms with Crippen LogP contribution < -0.4 is 4.31 Å². The van der Waals surface area contributed by atoms with Crippen LogP contribution in [0.15, 0.2) is 47.5 Å². The van der Waals surface area contributed by atoms with Crippen LogP contribution in [0.1, 0.15) is 17.3 Å². The van der Waals surface area contributed by atoms with E-state index in [9.17, 15) is 22.7 Å². The molecule has 2 aromatic rings. The number of carboxylic acids is 1. The monoisotopic (exact) mass is 324 g/mol. The van der Waals surface area contributed by atoms with Crippen molar-refractivity contribution >= 4 is 21.8 Å². The van der Waals surface area contributed by atoms with Crippen LogP contribution in [-0.4, -0.2) is 31.0 Å². The standard InChI is InChI=1S/C14H13FN2O4S/c1-2-17(13-12(14(18)19)4-3-9-16-13)22(20,21)11-7-5-10(15)6-8-11/h3-9H,2H2,1H3,(H,18,19). The van der Waals surface area contributed by atoms with Crippen LogP contribution in [0, 0.1) is 5.82 Å². The number of benzene rings is 1. The summed E-state index contributed by atoms with van der Waals surface area (Å²) in [7, 11) is -4.04. The van der Waals surface area contributed by atoms with Crippen molar-refractivity contribution in [3.63, 3.8) is 0 Å². The van der Waals surface area contributed by atoms with E-state index in [-0.39, 0.29) is 22.8 Å². The van der Waals surface area contributed by atoms with Crippen LogP contribution in [-0.2, 0) is 10.0 Å². The van der Waals surface area contributed by atoms with E-state index >= 15 is 0 Å². The van der Waals surface area contributed by atoms with Gasteiger partial charge >= 0.3 is 5.97 Å². The molecular formula is C14H13FN2O4S. The molecule has 0 atom stereocenters. The largest absolute Gasteiger partial charge is 0.478 e. The van der Waals surface area contributed by atoms with Crippen molar-refractivity contribution in [3.05, 3.63) is 54.0 Å². The second kappa shape index (κ2) is 6.10. The van der Waals surface area contributed by atoms with Gasteiger partial charge in [-0.25, -0.2) is 26.9 Å². The van der Waals surface area contributed by atoms with Gasteiger partial charge in [0.1, 0.15) is 11.4 Å². The van der Waals surface area contributed by atoms with E-state index in [2.05, 4.69) is 4.98 Å². The number of hydrogen-bond donors (Lipinski definition) is 1. The van der Waals surface area contributed by atoms with Crippen molar-refractivity contribution in [3.8, 4) is 0 Å². The van der Waals surface area contributed by atoms with Crippen LogP contribution in [0.2, 0.25) is 0 Å². The van der Waals surface area contributed by atoms with Crippen molar-refractivity contribution in [1.82, 2.24) is 4.98 Å². The van der Waals surface area contributed by atoms with Gasteiger partial charge in [-0.05, 0) is 43.3 Å². The Morgan fingerprint density at radius 2 is 1.91 bits per heavy atom. The van der Waals surface area contributed by atoms with Gasteiger partial charge in [0.15, 0.2) is 5.82 Å².